The molecule has 18 heavy (non-hydrogen) atoms. The van der Waals surface area contributed by atoms with Gasteiger partial charge < -0.3 is 5.32 Å². The third kappa shape index (κ3) is 2.32. The number of carbonyl (C=O) groups is 2. The topological polar surface area (TPSA) is 59.1 Å². The molecule has 0 unspecified atom stereocenters. The molecular formula is C13H16N2O2S. The van der Waals surface area contributed by atoms with Crippen molar-refractivity contribution in [1.29, 1.82) is 0 Å². The number of amides is 1. The van der Waals surface area contributed by atoms with E-state index in [1.165, 1.54) is 30.6 Å². The predicted molar refractivity (Wildman–Crippen MR) is 70.0 cm³/mol. The molecule has 4 nitrogen and oxygen atoms in total. The van der Waals surface area contributed by atoms with Crippen LogP contribution in [0.25, 0.3) is 0 Å². The first kappa shape index (κ1) is 11.8. The van der Waals surface area contributed by atoms with Crippen LogP contribution in [0.3, 0.4) is 0 Å². The van der Waals surface area contributed by atoms with Crippen molar-refractivity contribution in [2.24, 2.45) is 5.92 Å². The Labute approximate surface area is 110 Å². The maximum absolute atomic E-state index is 11.8. The molecule has 1 saturated carbocycles. The summed E-state index contributed by atoms with van der Waals surface area (Å²) in [7, 11) is 0. The fourth-order valence-corrected chi connectivity index (χ4v) is 3.45. The molecule has 3 rings (SSSR count). The van der Waals surface area contributed by atoms with Gasteiger partial charge in [-0.1, -0.05) is 17.8 Å². The van der Waals surface area contributed by atoms with Crippen molar-refractivity contribution in [1.82, 2.24) is 4.98 Å². The number of aryl methyl sites for hydroxylation is 1. The monoisotopic (exact) mass is 264 g/mol. The van der Waals surface area contributed by atoms with Crippen LogP contribution in [0.1, 0.15) is 53.9 Å². The number of hydrogen-bond donors (Lipinski definition) is 1. The van der Waals surface area contributed by atoms with Gasteiger partial charge in [-0.25, -0.2) is 4.98 Å². The molecule has 0 bridgehead atoms. The van der Waals surface area contributed by atoms with E-state index in [2.05, 4.69) is 10.3 Å². The lowest BCUT2D eigenvalue weighted by atomic mass is 9.83. The van der Waals surface area contributed by atoms with E-state index in [1.54, 1.807) is 0 Å². The van der Waals surface area contributed by atoms with Crippen molar-refractivity contribution in [3.05, 3.63) is 10.6 Å². The molecule has 0 spiro atoms. The van der Waals surface area contributed by atoms with Gasteiger partial charge >= 0.3 is 0 Å². The van der Waals surface area contributed by atoms with Gasteiger partial charge in [0.05, 0.1) is 10.6 Å². The molecule has 1 aromatic heterocycles. The number of rotatable bonds is 3. The molecular weight excluding hydrogens is 248 g/mol. The third-order valence-corrected chi connectivity index (χ3v) is 4.77. The molecule has 0 radical (unpaired) electrons. The largest absolute Gasteiger partial charge is 0.302 e. The van der Waals surface area contributed by atoms with E-state index in [9.17, 15) is 9.59 Å². The molecule has 96 valence electrons. The number of aromatic nitrogens is 1. The second-order valence-electron chi connectivity index (χ2n) is 5.12. The number of thiazole rings is 1. The average molecular weight is 264 g/mol. The third-order valence-electron chi connectivity index (χ3n) is 3.71. The second kappa shape index (κ2) is 4.80. The van der Waals surface area contributed by atoms with Crippen LogP contribution in [0.2, 0.25) is 0 Å². The summed E-state index contributed by atoms with van der Waals surface area (Å²) in [6.07, 6.45) is 6.53. The Kier molecular flexibility index (Phi) is 3.16. The van der Waals surface area contributed by atoms with Crippen LogP contribution >= 0.6 is 11.3 Å². The lowest BCUT2D eigenvalue weighted by Crippen LogP contribution is -2.20. The number of Topliss-reactive ketones (excluding diaryl/α,β-unsaturated/α-hetero) is 1. The van der Waals surface area contributed by atoms with Gasteiger partial charge in [-0.15, -0.1) is 0 Å². The standard InChI is InChI=1S/C13H16N2O2S/c16-10-6-2-5-9-12(10)18-13(14-9)15-11(17)7-8-3-1-4-8/h8H,1-7H2,(H,14,15,17). The van der Waals surface area contributed by atoms with E-state index in [0.29, 0.717) is 23.9 Å². The van der Waals surface area contributed by atoms with E-state index < -0.39 is 0 Å². The van der Waals surface area contributed by atoms with Crippen LogP contribution in [0.4, 0.5) is 5.13 Å². The molecule has 5 heteroatoms. The van der Waals surface area contributed by atoms with Crippen LogP contribution in [0.5, 0.6) is 0 Å². The summed E-state index contributed by atoms with van der Waals surface area (Å²) in [5.74, 6) is 0.771. The van der Waals surface area contributed by atoms with Gasteiger partial charge in [0.15, 0.2) is 10.9 Å². The Balaban J connectivity index is 1.65. The molecule has 0 aromatic carbocycles. The van der Waals surface area contributed by atoms with Gasteiger partial charge in [0, 0.05) is 12.8 Å². The molecule has 0 saturated heterocycles. The van der Waals surface area contributed by atoms with Gasteiger partial charge in [-0.2, -0.15) is 0 Å². The molecule has 2 aliphatic carbocycles. The summed E-state index contributed by atoms with van der Waals surface area (Å²) >= 11 is 1.33. The summed E-state index contributed by atoms with van der Waals surface area (Å²) in [5.41, 5.74) is 0.871. The highest BCUT2D eigenvalue weighted by Crippen LogP contribution is 2.32. The molecule has 1 fully saturated rings. The number of ketones is 1. The van der Waals surface area contributed by atoms with Gasteiger partial charge in [0.1, 0.15) is 0 Å². The summed E-state index contributed by atoms with van der Waals surface area (Å²) in [6.45, 7) is 0. The summed E-state index contributed by atoms with van der Waals surface area (Å²) < 4.78 is 0. The zero-order valence-electron chi connectivity index (χ0n) is 10.2. The zero-order chi connectivity index (χ0) is 12.5. The van der Waals surface area contributed by atoms with E-state index >= 15 is 0 Å². The Morgan fingerprint density at radius 2 is 2.17 bits per heavy atom. The Hall–Kier alpha value is -1.23. The van der Waals surface area contributed by atoms with E-state index in [1.807, 2.05) is 0 Å². The van der Waals surface area contributed by atoms with Gasteiger partial charge in [0.2, 0.25) is 5.91 Å². The molecule has 0 aliphatic heterocycles. The molecule has 1 aromatic rings. The van der Waals surface area contributed by atoms with Crippen LogP contribution in [0, 0.1) is 5.92 Å². The van der Waals surface area contributed by atoms with Crippen LogP contribution < -0.4 is 5.32 Å². The number of hydrogen-bond acceptors (Lipinski definition) is 4. The minimum absolute atomic E-state index is 0.0400. The maximum Gasteiger partial charge on any atom is 0.226 e. The van der Waals surface area contributed by atoms with Gasteiger partial charge in [-0.3, -0.25) is 9.59 Å². The molecule has 2 aliphatic rings. The maximum atomic E-state index is 11.8. The van der Waals surface area contributed by atoms with Crippen molar-refractivity contribution >= 4 is 28.2 Å². The van der Waals surface area contributed by atoms with E-state index in [-0.39, 0.29) is 11.7 Å². The smallest absolute Gasteiger partial charge is 0.226 e. The molecule has 1 N–H and O–H groups in total. The van der Waals surface area contributed by atoms with Crippen molar-refractivity contribution in [3.8, 4) is 0 Å². The molecule has 1 amide bonds. The first-order chi connectivity index (χ1) is 8.72. The lowest BCUT2D eigenvalue weighted by molar-refractivity contribution is -0.117. The van der Waals surface area contributed by atoms with Crippen molar-refractivity contribution < 1.29 is 9.59 Å². The molecule has 0 atom stereocenters. The minimum atomic E-state index is 0.0400. The van der Waals surface area contributed by atoms with E-state index in [4.69, 9.17) is 0 Å². The number of anilines is 1. The summed E-state index contributed by atoms with van der Waals surface area (Å²) in [4.78, 5) is 28.6. The first-order valence-corrected chi connectivity index (χ1v) is 7.37. The summed E-state index contributed by atoms with van der Waals surface area (Å²) in [5, 5.41) is 3.43. The Morgan fingerprint density at radius 1 is 1.33 bits per heavy atom. The Bertz CT molecular complexity index is 491. The average Bonchev–Trinajstić information content (AvgIpc) is 2.68. The fourth-order valence-electron chi connectivity index (χ4n) is 2.45. The number of carbonyl (C=O) groups excluding carboxylic acids is 2. The summed E-state index contributed by atoms with van der Waals surface area (Å²) in [6, 6.07) is 0. The Morgan fingerprint density at radius 3 is 2.83 bits per heavy atom. The number of nitrogens with one attached hydrogen (secondary N) is 1. The van der Waals surface area contributed by atoms with E-state index in [0.717, 1.165) is 23.4 Å². The molecule has 1 heterocycles. The first-order valence-electron chi connectivity index (χ1n) is 6.55. The van der Waals surface area contributed by atoms with Crippen LogP contribution in [-0.2, 0) is 11.2 Å². The van der Waals surface area contributed by atoms with Crippen LogP contribution in [-0.4, -0.2) is 16.7 Å². The second-order valence-corrected chi connectivity index (χ2v) is 6.12. The number of fused-ring (bicyclic) bond motifs is 1. The lowest BCUT2D eigenvalue weighted by Gasteiger charge is -2.24. The van der Waals surface area contributed by atoms with Crippen LogP contribution in [0.15, 0.2) is 0 Å². The van der Waals surface area contributed by atoms with Crippen molar-refractivity contribution in [2.45, 2.75) is 44.9 Å². The minimum Gasteiger partial charge on any atom is -0.302 e. The highest BCUT2D eigenvalue weighted by Gasteiger charge is 2.24. The predicted octanol–water partition coefficient (Wildman–Crippen LogP) is 2.79. The van der Waals surface area contributed by atoms with Crippen molar-refractivity contribution in [2.75, 3.05) is 5.32 Å². The quantitative estimate of drug-likeness (QED) is 0.913. The van der Waals surface area contributed by atoms with Gasteiger partial charge in [-0.05, 0) is 31.6 Å². The van der Waals surface area contributed by atoms with Gasteiger partial charge in [0.25, 0.3) is 0 Å². The number of nitrogens with zero attached hydrogens (tertiary/aromatic N) is 1. The highest BCUT2D eigenvalue weighted by molar-refractivity contribution is 7.17. The van der Waals surface area contributed by atoms with Crippen molar-refractivity contribution in [3.63, 3.8) is 0 Å². The SMILES string of the molecule is O=C(CC1CCC1)Nc1nc2c(s1)C(=O)CCC2. The fraction of sp³-hybridized carbons (Fsp3) is 0.615. The zero-order valence-corrected chi connectivity index (χ0v) is 11.0. The normalized spacial score (nSPS) is 19.2. The highest BCUT2D eigenvalue weighted by atomic mass is 32.1.